The van der Waals surface area contributed by atoms with E-state index < -0.39 is 6.04 Å². The van der Waals surface area contributed by atoms with E-state index in [9.17, 15) is 4.39 Å². The number of nitrogens with two attached hydrogens (primary N) is 1. The minimum Gasteiger partial charge on any atom is -0.459 e. The molecule has 0 aliphatic rings. The van der Waals surface area contributed by atoms with Crippen molar-refractivity contribution in [1.82, 2.24) is 15.4 Å². The number of hydrogen-bond donors (Lipinski definition) is 2. The van der Waals surface area contributed by atoms with Crippen molar-refractivity contribution in [2.45, 2.75) is 6.04 Å². The van der Waals surface area contributed by atoms with E-state index >= 15 is 0 Å². The highest BCUT2D eigenvalue weighted by atomic mass is 19.1. The summed E-state index contributed by atoms with van der Waals surface area (Å²) in [4.78, 5) is 8.16. The highest BCUT2D eigenvalue weighted by Gasteiger charge is 2.18. The second kappa shape index (κ2) is 4.75. The number of nitrogens with zero attached hydrogens (tertiary/aromatic N) is 2. The first kappa shape index (κ1) is 11.8. The van der Waals surface area contributed by atoms with Crippen LogP contribution < -0.4 is 11.3 Å². The maximum atomic E-state index is 13.1. The summed E-state index contributed by atoms with van der Waals surface area (Å²) in [6.07, 6.45) is 4.74. The number of hydrogen-bond acceptors (Lipinski definition) is 5. The number of fused-ring (bicyclic) bond motifs is 1. The highest BCUT2D eigenvalue weighted by Crippen LogP contribution is 2.27. The van der Waals surface area contributed by atoms with Gasteiger partial charge in [-0.15, -0.1) is 0 Å². The van der Waals surface area contributed by atoms with Crippen LogP contribution in [0.3, 0.4) is 0 Å². The number of rotatable bonds is 3. The lowest BCUT2D eigenvalue weighted by Crippen LogP contribution is -2.29. The van der Waals surface area contributed by atoms with Crippen molar-refractivity contribution in [3.8, 4) is 0 Å². The molecule has 0 aliphatic heterocycles. The molecule has 0 spiro atoms. The van der Waals surface area contributed by atoms with E-state index in [2.05, 4.69) is 15.4 Å². The predicted molar refractivity (Wildman–Crippen MR) is 67.4 cm³/mol. The summed E-state index contributed by atoms with van der Waals surface area (Å²) < 4.78 is 18.8. The van der Waals surface area contributed by atoms with Gasteiger partial charge < -0.3 is 4.42 Å². The van der Waals surface area contributed by atoms with Crippen molar-refractivity contribution < 1.29 is 8.81 Å². The number of nitrogens with one attached hydrogen (secondary N) is 1. The molecule has 1 atom stereocenters. The number of hydrazine groups is 1. The number of halogens is 1. The van der Waals surface area contributed by atoms with Gasteiger partial charge >= 0.3 is 0 Å². The summed E-state index contributed by atoms with van der Waals surface area (Å²) in [6, 6.07) is 5.65. The summed E-state index contributed by atoms with van der Waals surface area (Å²) in [5.41, 5.74) is 3.85. The third-order valence-corrected chi connectivity index (χ3v) is 2.83. The van der Waals surface area contributed by atoms with Gasteiger partial charge in [0.2, 0.25) is 0 Å². The number of aromatic nitrogens is 2. The normalized spacial score (nSPS) is 12.7. The Bertz CT molecular complexity index is 698. The molecule has 0 amide bonds. The largest absolute Gasteiger partial charge is 0.459 e. The van der Waals surface area contributed by atoms with E-state index in [0.717, 1.165) is 0 Å². The lowest BCUT2D eigenvalue weighted by atomic mass is 10.1. The van der Waals surface area contributed by atoms with Crippen LogP contribution >= 0.6 is 0 Å². The highest BCUT2D eigenvalue weighted by molar-refractivity contribution is 5.78. The van der Waals surface area contributed by atoms with E-state index in [-0.39, 0.29) is 5.82 Å². The average molecular weight is 258 g/mol. The predicted octanol–water partition coefficient (Wildman–Crippen LogP) is 1.91. The van der Waals surface area contributed by atoms with Gasteiger partial charge in [0, 0.05) is 17.8 Å². The van der Waals surface area contributed by atoms with Crippen molar-refractivity contribution in [1.29, 1.82) is 0 Å². The third kappa shape index (κ3) is 2.18. The summed E-state index contributed by atoms with van der Waals surface area (Å²) in [6.45, 7) is 0. The molecule has 0 bridgehead atoms. The van der Waals surface area contributed by atoms with Crippen LogP contribution in [0, 0.1) is 5.82 Å². The standard InChI is InChI=1S/C13H11FN4O/c14-9-1-2-11-8(5-9)6-12(19-11)13(18-15)10-7-16-3-4-17-10/h1-7,13,18H,15H2. The molecule has 1 unspecified atom stereocenters. The van der Waals surface area contributed by atoms with E-state index in [1.807, 2.05) is 0 Å². The lowest BCUT2D eigenvalue weighted by Gasteiger charge is -2.11. The van der Waals surface area contributed by atoms with Crippen molar-refractivity contribution in [2.75, 3.05) is 0 Å². The molecule has 6 heteroatoms. The number of benzene rings is 1. The van der Waals surface area contributed by atoms with Crippen LogP contribution in [0.1, 0.15) is 17.5 Å². The van der Waals surface area contributed by atoms with Gasteiger partial charge in [-0.2, -0.15) is 0 Å². The average Bonchev–Trinajstić information content (AvgIpc) is 2.83. The molecule has 0 saturated heterocycles. The monoisotopic (exact) mass is 258 g/mol. The summed E-state index contributed by atoms with van der Waals surface area (Å²) >= 11 is 0. The molecule has 0 fully saturated rings. The van der Waals surface area contributed by atoms with Crippen LogP contribution in [0.4, 0.5) is 4.39 Å². The van der Waals surface area contributed by atoms with Gasteiger partial charge in [-0.05, 0) is 24.3 Å². The van der Waals surface area contributed by atoms with Gasteiger partial charge in [-0.25, -0.2) is 9.82 Å². The molecule has 1 aromatic carbocycles. The maximum Gasteiger partial charge on any atom is 0.134 e. The molecule has 96 valence electrons. The van der Waals surface area contributed by atoms with Crippen molar-refractivity contribution in [3.05, 3.63) is 60.1 Å². The first-order chi connectivity index (χ1) is 9.28. The Morgan fingerprint density at radius 2 is 2.16 bits per heavy atom. The van der Waals surface area contributed by atoms with Gasteiger partial charge in [0.15, 0.2) is 0 Å². The Kier molecular flexibility index (Phi) is 2.94. The fourth-order valence-electron chi connectivity index (χ4n) is 1.95. The van der Waals surface area contributed by atoms with E-state index in [1.165, 1.54) is 12.1 Å². The molecular formula is C13H11FN4O. The molecule has 0 radical (unpaired) electrons. The van der Waals surface area contributed by atoms with Crippen molar-refractivity contribution in [3.63, 3.8) is 0 Å². The molecule has 5 nitrogen and oxygen atoms in total. The maximum absolute atomic E-state index is 13.1. The van der Waals surface area contributed by atoms with Crippen LogP contribution in [0.2, 0.25) is 0 Å². The molecule has 19 heavy (non-hydrogen) atoms. The Hall–Kier alpha value is -2.31. The van der Waals surface area contributed by atoms with Crippen LogP contribution in [0.15, 0.2) is 47.3 Å². The van der Waals surface area contributed by atoms with Crippen LogP contribution in [0.5, 0.6) is 0 Å². The SMILES string of the molecule is NNC(c1cnccn1)c1cc2cc(F)ccc2o1. The second-order valence-corrected chi connectivity index (χ2v) is 4.06. The third-order valence-electron chi connectivity index (χ3n) is 2.83. The fraction of sp³-hybridized carbons (Fsp3) is 0.0769. The van der Waals surface area contributed by atoms with Gasteiger partial charge in [0.1, 0.15) is 23.2 Å². The summed E-state index contributed by atoms with van der Waals surface area (Å²) in [5, 5.41) is 0.680. The van der Waals surface area contributed by atoms with Crippen LogP contribution in [-0.4, -0.2) is 9.97 Å². The van der Waals surface area contributed by atoms with Crippen LogP contribution in [-0.2, 0) is 0 Å². The zero-order valence-electron chi connectivity index (χ0n) is 9.88. The second-order valence-electron chi connectivity index (χ2n) is 4.06. The Morgan fingerprint density at radius 3 is 2.89 bits per heavy atom. The zero-order valence-corrected chi connectivity index (χ0v) is 9.88. The van der Waals surface area contributed by atoms with Gasteiger partial charge in [0.25, 0.3) is 0 Å². The van der Waals surface area contributed by atoms with Gasteiger partial charge in [-0.3, -0.25) is 15.8 Å². The Balaban J connectivity index is 2.07. The van der Waals surface area contributed by atoms with Crippen molar-refractivity contribution >= 4 is 11.0 Å². The van der Waals surface area contributed by atoms with E-state index in [0.29, 0.717) is 22.4 Å². The van der Waals surface area contributed by atoms with Gasteiger partial charge in [0.05, 0.1) is 11.9 Å². The molecule has 0 saturated carbocycles. The Labute approximate surface area is 108 Å². The zero-order chi connectivity index (χ0) is 13.2. The van der Waals surface area contributed by atoms with E-state index in [1.54, 1.807) is 30.7 Å². The first-order valence-corrected chi connectivity index (χ1v) is 5.69. The summed E-state index contributed by atoms with van der Waals surface area (Å²) in [7, 11) is 0. The molecule has 3 N–H and O–H groups in total. The molecule has 2 heterocycles. The topological polar surface area (TPSA) is 77.0 Å². The molecule has 2 aromatic heterocycles. The smallest absolute Gasteiger partial charge is 0.134 e. The molecule has 0 aliphatic carbocycles. The van der Waals surface area contributed by atoms with E-state index in [4.69, 9.17) is 10.3 Å². The van der Waals surface area contributed by atoms with Crippen LogP contribution in [0.25, 0.3) is 11.0 Å². The molecule has 3 rings (SSSR count). The summed E-state index contributed by atoms with van der Waals surface area (Å²) in [5.74, 6) is 5.79. The van der Waals surface area contributed by atoms with Gasteiger partial charge in [-0.1, -0.05) is 0 Å². The molecule has 3 aromatic rings. The fourth-order valence-corrected chi connectivity index (χ4v) is 1.95. The minimum atomic E-state index is -0.427. The Morgan fingerprint density at radius 1 is 1.26 bits per heavy atom. The minimum absolute atomic E-state index is 0.309. The van der Waals surface area contributed by atoms with Crippen molar-refractivity contribution in [2.24, 2.45) is 5.84 Å². The lowest BCUT2D eigenvalue weighted by molar-refractivity contribution is 0.470. The first-order valence-electron chi connectivity index (χ1n) is 5.69. The number of furan rings is 1. The quantitative estimate of drug-likeness (QED) is 0.554. The molecular weight excluding hydrogens is 247 g/mol.